The van der Waals surface area contributed by atoms with Crippen molar-refractivity contribution in [3.8, 4) is 0 Å². The van der Waals surface area contributed by atoms with Crippen molar-refractivity contribution in [3.63, 3.8) is 0 Å². The molecule has 4 heteroatoms. The van der Waals surface area contributed by atoms with Crippen molar-refractivity contribution in [1.29, 1.82) is 0 Å². The van der Waals surface area contributed by atoms with Crippen molar-refractivity contribution < 1.29 is 0 Å². The van der Waals surface area contributed by atoms with Gasteiger partial charge in [0.25, 0.3) is 0 Å². The molecule has 1 unspecified atom stereocenters. The van der Waals surface area contributed by atoms with Crippen LogP contribution in [0.15, 0.2) is 41.5 Å². The molecule has 3 rings (SSSR count). The van der Waals surface area contributed by atoms with Gasteiger partial charge in [0.2, 0.25) is 0 Å². The molecule has 1 aliphatic rings. The summed E-state index contributed by atoms with van der Waals surface area (Å²) in [5.41, 5.74) is 3.17. The third kappa shape index (κ3) is 2.19. The molecule has 0 aliphatic carbocycles. The van der Waals surface area contributed by atoms with E-state index in [4.69, 9.17) is 16.6 Å². The number of alkyl halides is 1. The highest BCUT2D eigenvalue weighted by Gasteiger charge is 2.25. The van der Waals surface area contributed by atoms with E-state index < -0.39 is 0 Å². The van der Waals surface area contributed by atoms with Crippen LogP contribution in [-0.4, -0.2) is 15.5 Å². The van der Waals surface area contributed by atoms with Crippen LogP contribution < -0.4 is 0 Å². The molecule has 1 atom stereocenters. The maximum absolute atomic E-state index is 6.43. The van der Waals surface area contributed by atoms with Crippen molar-refractivity contribution in [2.75, 3.05) is 0 Å². The van der Waals surface area contributed by atoms with E-state index in [1.807, 2.05) is 29.1 Å². The lowest BCUT2D eigenvalue weighted by molar-refractivity contribution is 0.598. The zero-order chi connectivity index (χ0) is 13.4. The highest BCUT2D eigenvalue weighted by molar-refractivity contribution is 6.22. The molecular formula is C15H16ClN3. The molecule has 0 fully saturated rings. The van der Waals surface area contributed by atoms with Gasteiger partial charge in [0.05, 0.1) is 11.9 Å². The maximum atomic E-state index is 6.43. The van der Waals surface area contributed by atoms with Crippen LogP contribution in [-0.2, 0) is 0 Å². The molecule has 2 heterocycles. The normalized spacial score (nSPS) is 18.3. The Morgan fingerprint density at radius 2 is 2.00 bits per heavy atom. The number of hydrogen-bond donors (Lipinski definition) is 0. The number of aliphatic imine (C=N–C) groups is 1. The van der Waals surface area contributed by atoms with E-state index in [9.17, 15) is 0 Å². The lowest BCUT2D eigenvalue weighted by Gasteiger charge is -2.20. The Kier molecular flexibility index (Phi) is 3.15. The molecule has 0 radical (unpaired) electrons. The standard InChI is InChI=1S/C15H16ClN3/c1-10(2)12-9-17-19-14(16)8-13(18-15(12)19)11-6-4-3-5-7-11/h3-7,9-10,14H,8H2,1-2H3. The predicted octanol–water partition coefficient (Wildman–Crippen LogP) is 4.27. The zero-order valence-electron chi connectivity index (χ0n) is 11.0. The van der Waals surface area contributed by atoms with Gasteiger partial charge in [0.1, 0.15) is 5.50 Å². The van der Waals surface area contributed by atoms with Crippen molar-refractivity contribution in [2.45, 2.75) is 31.7 Å². The molecule has 1 aromatic heterocycles. The van der Waals surface area contributed by atoms with E-state index in [2.05, 4.69) is 31.1 Å². The summed E-state index contributed by atoms with van der Waals surface area (Å²) in [4.78, 5) is 4.78. The molecule has 1 aromatic carbocycles. The molecule has 0 spiro atoms. The number of hydrogen-bond acceptors (Lipinski definition) is 2. The second-order valence-corrected chi connectivity index (χ2v) is 5.59. The van der Waals surface area contributed by atoms with Crippen LogP contribution in [0.1, 0.15) is 42.8 Å². The number of rotatable bonds is 2. The number of fused-ring (bicyclic) bond motifs is 1. The molecule has 2 aromatic rings. The fourth-order valence-corrected chi connectivity index (χ4v) is 2.62. The van der Waals surface area contributed by atoms with E-state index in [-0.39, 0.29) is 5.50 Å². The van der Waals surface area contributed by atoms with E-state index in [0.29, 0.717) is 12.3 Å². The number of aromatic nitrogens is 2. The van der Waals surface area contributed by atoms with E-state index in [1.54, 1.807) is 0 Å². The third-order valence-electron chi connectivity index (χ3n) is 3.39. The monoisotopic (exact) mass is 273 g/mol. The minimum atomic E-state index is -0.157. The molecule has 1 aliphatic heterocycles. The topological polar surface area (TPSA) is 30.2 Å². The summed E-state index contributed by atoms with van der Waals surface area (Å²) in [6.45, 7) is 4.29. The van der Waals surface area contributed by atoms with E-state index >= 15 is 0 Å². The first-order chi connectivity index (χ1) is 9.16. The fraction of sp³-hybridized carbons (Fsp3) is 0.333. The van der Waals surface area contributed by atoms with Gasteiger partial charge in [-0.3, -0.25) is 0 Å². The summed E-state index contributed by atoms with van der Waals surface area (Å²) in [6, 6.07) is 10.2. The Hall–Kier alpha value is -1.61. The summed E-state index contributed by atoms with van der Waals surface area (Å²) in [5, 5.41) is 4.36. The highest BCUT2D eigenvalue weighted by atomic mass is 35.5. The highest BCUT2D eigenvalue weighted by Crippen LogP contribution is 2.36. The zero-order valence-corrected chi connectivity index (χ0v) is 11.8. The number of benzene rings is 1. The Morgan fingerprint density at radius 1 is 1.26 bits per heavy atom. The van der Waals surface area contributed by atoms with Crippen LogP contribution in [0.25, 0.3) is 0 Å². The van der Waals surface area contributed by atoms with Crippen LogP contribution in [0.3, 0.4) is 0 Å². The van der Waals surface area contributed by atoms with Gasteiger partial charge in [0, 0.05) is 12.0 Å². The third-order valence-corrected chi connectivity index (χ3v) is 3.73. The number of nitrogens with zero attached hydrogens (tertiary/aromatic N) is 3. The minimum absolute atomic E-state index is 0.157. The molecule has 3 nitrogen and oxygen atoms in total. The molecule has 0 amide bonds. The van der Waals surface area contributed by atoms with Crippen LogP contribution in [0.5, 0.6) is 0 Å². The molecule has 98 valence electrons. The van der Waals surface area contributed by atoms with Gasteiger partial charge in [0.15, 0.2) is 5.82 Å². The lowest BCUT2D eigenvalue weighted by atomic mass is 10.0. The van der Waals surface area contributed by atoms with Crippen LogP contribution in [0.4, 0.5) is 5.82 Å². The second-order valence-electron chi connectivity index (χ2n) is 5.09. The Balaban J connectivity index is 2.10. The van der Waals surface area contributed by atoms with Gasteiger partial charge in [-0.15, -0.1) is 0 Å². The fourth-order valence-electron chi connectivity index (χ4n) is 2.33. The predicted molar refractivity (Wildman–Crippen MR) is 78.5 cm³/mol. The summed E-state index contributed by atoms with van der Waals surface area (Å²) >= 11 is 6.43. The van der Waals surface area contributed by atoms with Crippen molar-refractivity contribution >= 4 is 23.1 Å². The average Bonchev–Trinajstić information content (AvgIpc) is 2.84. The summed E-state index contributed by atoms with van der Waals surface area (Å²) in [5.74, 6) is 1.30. The Labute approximate surface area is 117 Å². The maximum Gasteiger partial charge on any atom is 0.155 e. The first-order valence-corrected chi connectivity index (χ1v) is 6.95. The van der Waals surface area contributed by atoms with Gasteiger partial charge in [-0.05, 0) is 11.5 Å². The van der Waals surface area contributed by atoms with Crippen LogP contribution in [0, 0.1) is 0 Å². The van der Waals surface area contributed by atoms with Gasteiger partial charge in [-0.2, -0.15) is 5.10 Å². The van der Waals surface area contributed by atoms with Crippen molar-refractivity contribution in [2.24, 2.45) is 4.99 Å². The van der Waals surface area contributed by atoms with Crippen LogP contribution >= 0.6 is 11.6 Å². The summed E-state index contributed by atoms with van der Waals surface area (Å²) < 4.78 is 1.82. The first kappa shape index (κ1) is 12.4. The number of halogens is 1. The summed E-state index contributed by atoms with van der Waals surface area (Å²) in [6.07, 6.45) is 2.59. The minimum Gasteiger partial charge on any atom is -0.233 e. The lowest BCUT2D eigenvalue weighted by Crippen LogP contribution is -2.16. The van der Waals surface area contributed by atoms with Gasteiger partial charge in [-0.25, -0.2) is 9.67 Å². The second kappa shape index (κ2) is 4.82. The molecule has 0 N–H and O–H groups in total. The first-order valence-electron chi connectivity index (χ1n) is 6.51. The van der Waals surface area contributed by atoms with Gasteiger partial charge in [-0.1, -0.05) is 55.8 Å². The molecule has 0 bridgehead atoms. The molecule has 0 saturated carbocycles. The SMILES string of the molecule is CC(C)c1cnn2c1N=C(c1ccccc1)CC2Cl. The van der Waals surface area contributed by atoms with Crippen molar-refractivity contribution in [1.82, 2.24) is 9.78 Å². The smallest absolute Gasteiger partial charge is 0.155 e. The van der Waals surface area contributed by atoms with Crippen molar-refractivity contribution in [3.05, 3.63) is 47.7 Å². The van der Waals surface area contributed by atoms with E-state index in [0.717, 1.165) is 22.7 Å². The molecule has 0 saturated heterocycles. The van der Waals surface area contributed by atoms with Gasteiger partial charge >= 0.3 is 0 Å². The van der Waals surface area contributed by atoms with Crippen LogP contribution in [0.2, 0.25) is 0 Å². The largest absolute Gasteiger partial charge is 0.233 e. The summed E-state index contributed by atoms with van der Waals surface area (Å²) in [7, 11) is 0. The molecule has 19 heavy (non-hydrogen) atoms. The Bertz CT molecular complexity index is 614. The quantitative estimate of drug-likeness (QED) is 0.752. The van der Waals surface area contributed by atoms with E-state index in [1.165, 1.54) is 0 Å². The Morgan fingerprint density at radius 3 is 2.68 bits per heavy atom. The molecular weight excluding hydrogens is 258 g/mol. The van der Waals surface area contributed by atoms with Gasteiger partial charge < -0.3 is 0 Å². The average molecular weight is 274 g/mol.